The van der Waals surface area contributed by atoms with Crippen molar-refractivity contribution in [1.82, 2.24) is 20.2 Å². The summed E-state index contributed by atoms with van der Waals surface area (Å²) in [6, 6.07) is 6.82. The molecule has 1 atom stereocenters. The van der Waals surface area contributed by atoms with Crippen LogP contribution in [0.15, 0.2) is 30.6 Å². The third-order valence-corrected chi connectivity index (χ3v) is 2.74. The molecule has 1 aromatic heterocycles. The lowest BCUT2D eigenvalue weighted by molar-refractivity contribution is 0.0941. The van der Waals surface area contributed by atoms with Crippen molar-refractivity contribution in [2.45, 2.75) is 12.6 Å². The largest absolute Gasteiger partial charge is 0.386 e. The van der Waals surface area contributed by atoms with E-state index in [9.17, 15) is 9.90 Å². The third-order valence-electron chi connectivity index (χ3n) is 2.49. The number of aromatic nitrogens is 3. The molecule has 0 fully saturated rings. The Morgan fingerprint density at radius 1 is 1.47 bits per heavy atom. The molecule has 0 aliphatic rings. The first-order chi connectivity index (χ1) is 9.10. The molecule has 0 radical (unpaired) electrons. The lowest BCUT2D eigenvalue weighted by Gasteiger charge is -2.10. The van der Waals surface area contributed by atoms with Crippen molar-refractivity contribution in [1.29, 1.82) is 0 Å². The van der Waals surface area contributed by atoms with E-state index in [2.05, 4.69) is 10.1 Å². The van der Waals surface area contributed by atoms with E-state index in [-0.39, 0.29) is 12.4 Å². The van der Waals surface area contributed by atoms with Gasteiger partial charge in [-0.2, -0.15) is 0 Å². The van der Waals surface area contributed by atoms with Crippen molar-refractivity contribution in [3.05, 3.63) is 47.0 Å². The Hall–Kier alpha value is -1.96. The third kappa shape index (κ3) is 3.28. The van der Waals surface area contributed by atoms with E-state index in [0.717, 1.165) is 0 Å². The van der Waals surface area contributed by atoms with Gasteiger partial charge in [-0.15, -0.1) is 5.10 Å². The highest BCUT2D eigenvalue weighted by Crippen LogP contribution is 2.17. The van der Waals surface area contributed by atoms with Crippen LogP contribution in [0.5, 0.6) is 0 Å². The second kappa shape index (κ2) is 5.79. The zero-order valence-electron chi connectivity index (χ0n) is 9.82. The summed E-state index contributed by atoms with van der Waals surface area (Å²) < 4.78 is 1.36. The van der Waals surface area contributed by atoms with Gasteiger partial charge in [-0.1, -0.05) is 23.7 Å². The molecule has 1 amide bonds. The number of aliphatic hydroxyl groups is 1. The number of nitrogen functional groups attached to an aromatic ring is 1. The molecule has 2 rings (SSSR count). The lowest BCUT2D eigenvalue weighted by Crippen LogP contribution is -2.31. The van der Waals surface area contributed by atoms with Crippen LogP contribution in [-0.4, -0.2) is 25.8 Å². The number of nitrogens with zero attached hydrogens (tertiary/aromatic N) is 3. The Kier molecular flexibility index (Phi) is 4.10. The Labute approximate surface area is 114 Å². The standard InChI is InChI=1S/C11H12ClN5O2/c12-8-3-1-7(2-4-8)9(18)5-17-6-14-10(16-17)11(19)15-13/h1-4,6,9,18H,5,13H2,(H,15,19). The fourth-order valence-electron chi connectivity index (χ4n) is 1.52. The molecule has 0 aliphatic carbocycles. The number of nitrogens with two attached hydrogens (primary N) is 1. The van der Waals surface area contributed by atoms with Gasteiger partial charge in [-0.3, -0.25) is 10.2 Å². The summed E-state index contributed by atoms with van der Waals surface area (Å²) in [4.78, 5) is 14.9. The zero-order valence-corrected chi connectivity index (χ0v) is 10.6. The number of hydrogen-bond acceptors (Lipinski definition) is 5. The van der Waals surface area contributed by atoms with Gasteiger partial charge in [0.15, 0.2) is 0 Å². The number of nitrogens with one attached hydrogen (secondary N) is 1. The van der Waals surface area contributed by atoms with Crippen molar-refractivity contribution in [2.75, 3.05) is 0 Å². The second-order valence-corrected chi connectivity index (χ2v) is 4.27. The summed E-state index contributed by atoms with van der Waals surface area (Å²) in [7, 11) is 0. The van der Waals surface area contributed by atoms with E-state index >= 15 is 0 Å². The van der Waals surface area contributed by atoms with E-state index in [1.165, 1.54) is 11.0 Å². The van der Waals surface area contributed by atoms with Gasteiger partial charge in [0, 0.05) is 5.02 Å². The molecule has 19 heavy (non-hydrogen) atoms. The van der Waals surface area contributed by atoms with Crippen LogP contribution in [0.4, 0.5) is 0 Å². The highest BCUT2D eigenvalue weighted by molar-refractivity contribution is 6.30. The maximum absolute atomic E-state index is 11.2. The van der Waals surface area contributed by atoms with E-state index < -0.39 is 12.0 Å². The average Bonchev–Trinajstić information content (AvgIpc) is 2.87. The minimum Gasteiger partial charge on any atom is -0.386 e. The molecule has 0 aliphatic heterocycles. The molecule has 0 spiro atoms. The number of amides is 1. The van der Waals surface area contributed by atoms with Gasteiger partial charge in [-0.25, -0.2) is 15.5 Å². The number of carbonyl (C=O) groups excluding carboxylic acids is 1. The van der Waals surface area contributed by atoms with E-state index in [1.807, 2.05) is 5.43 Å². The maximum atomic E-state index is 11.2. The number of hydrazine groups is 1. The quantitative estimate of drug-likeness (QED) is 0.424. The first-order valence-electron chi connectivity index (χ1n) is 5.44. The Balaban J connectivity index is 2.06. The summed E-state index contributed by atoms with van der Waals surface area (Å²) >= 11 is 5.77. The summed E-state index contributed by atoms with van der Waals surface area (Å²) in [5.41, 5.74) is 2.63. The normalized spacial score (nSPS) is 12.2. The molecule has 1 unspecified atom stereocenters. The minimum absolute atomic E-state index is 0.0502. The second-order valence-electron chi connectivity index (χ2n) is 3.83. The fraction of sp³-hybridized carbons (Fsp3) is 0.182. The van der Waals surface area contributed by atoms with Crippen LogP contribution >= 0.6 is 11.6 Å². The molecule has 0 bridgehead atoms. The molecule has 8 heteroatoms. The number of hydrogen-bond donors (Lipinski definition) is 3. The fourth-order valence-corrected chi connectivity index (χ4v) is 1.64. The number of halogens is 1. The van der Waals surface area contributed by atoms with Gasteiger partial charge in [-0.05, 0) is 17.7 Å². The van der Waals surface area contributed by atoms with Crippen molar-refractivity contribution in [3.8, 4) is 0 Å². The van der Waals surface area contributed by atoms with Gasteiger partial charge < -0.3 is 5.11 Å². The highest BCUT2D eigenvalue weighted by atomic mass is 35.5. The first kappa shape index (κ1) is 13.5. The van der Waals surface area contributed by atoms with E-state index in [1.54, 1.807) is 24.3 Å². The minimum atomic E-state index is -0.771. The first-order valence-corrected chi connectivity index (χ1v) is 5.82. The van der Waals surface area contributed by atoms with E-state index in [4.69, 9.17) is 17.4 Å². The maximum Gasteiger partial charge on any atom is 0.304 e. The van der Waals surface area contributed by atoms with Crippen molar-refractivity contribution < 1.29 is 9.90 Å². The monoisotopic (exact) mass is 281 g/mol. The molecule has 100 valence electrons. The smallest absolute Gasteiger partial charge is 0.304 e. The van der Waals surface area contributed by atoms with Crippen molar-refractivity contribution in [3.63, 3.8) is 0 Å². The summed E-state index contributed by atoms with van der Waals surface area (Å²) in [5, 5.41) is 14.5. The summed E-state index contributed by atoms with van der Waals surface area (Å²) in [6.45, 7) is 0.173. The molecular weight excluding hydrogens is 270 g/mol. The molecule has 1 heterocycles. The van der Waals surface area contributed by atoms with Crippen LogP contribution in [0.25, 0.3) is 0 Å². The van der Waals surface area contributed by atoms with Crippen molar-refractivity contribution in [2.24, 2.45) is 5.84 Å². The topological polar surface area (TPSA) is 106 Å². The average molecular weight is 282 g/mol. The predicted octanol–water partition coefficient (Wildman–Crippen LogP) is 0.269. The van der Waals surface area contributed by atoms with Gasteiger partial charge >= 0.3 is 5.91 Å². The molecule has 1 aromatic carbocycles. The van der Waals surface area contributed by atoms with Crippen LogP contribution in [0.2, 0.25) is 5.02 Å². The van der Waals surface area contributed by atoms with Crippen molar-refractivity contribution >= 4 is 17.5 Å². The van der Waals surface area contributed by atoms with Crippen LogP contribution in [0.1, 0.15) is 22.3 Å². The van der Waals surface area contributed by atoms with E-state index in [0.29, 0.717) is 10.6 Å². The van der Waals surface area contributed by atoms with Crippen LogP contribution in [0, 0.1) is 0 Å². The van der Waals surface area contributed by atoms with Gasteiger partial charge in [0.25, 0.3) is 0 Å². The summed E-state index contributed by atoms with van der Waals surface area (Å²) in [6.07, 6.45) is 0.580. The summed E-state index contributed by atoms with van der Waals surface area (Å²) in [5.74, 6) is 4.34. The number of rotatable bonds is 4. The van der Waals surface area contributed by atoms with Crippen LogP contribution in [0.3, 0.4) is 0 Å². The molecular formula is C11H12ClN5O2. The molecule has 0 saturated heterocycles. The van der Waals surface area contributed by atoms with Crippen LogP contribution < -0.4 is 11.3 Å². The molecule has 0 saturated carbocycles. The molecule has 7 nitrogen and oxygen atoms in total. The van der Waals surface area contributed by atoms with Gasteiger partial charge in [0.05, 0.1) is 12.6 Å². The highest BCUT2D eigenvalue weighted by Gasteiger charge is 2.13. The molecule has 4 N–H and O–H groups in total. The SMILES string of the molecule is NNC(=O)c1ncn(CC(O)c2ccc(Cl)cc2)n1. The Morgan fingerprint density at radius 3 is 2.79 bits per heavy atom. The zero-order chi connectivity index (χ0) is 13.8. The number of carbonyl (C=O) groups is 1. The number of aliphatic hydroxyl groups excluding tert-OH is 1. The number of benzene rings is 1. The Bertz CT molecular complexity index is 569. The Morgan fingerprint density at radius 2 is 2.16 bits per heavy atom. The predicted molar refractivity (Wildman–Crippen MR) is 68.1 cm³/mol. The van der Waals surface area contributed by atoms with Crippen LogP contribution in [-0.2, 0) is 6.54 Å². The van der Waals surface area contributed by atoms with Gasteiger partial charge in [0.1, 0.15) is 6.33 Å². The van der Waals surface area contributed by atoms with Gasteiger partial charge in [0.2, 0.25) is 5.82 Å². The molecule has 2 aromatic rings. The lowest BCUT2D eigenvalue weighted by atomic mass is 10.1.